The van der Waals surface area contributed by atoms with Gasteiger partial charge in [-0.05, 0) is 24.3 Å². The number of fused-ring (bicyclic) bond motifs is 1. The number of benzene rings is 1. The van der Waals surface area contributed by atoms with Crippen LogP contribution in [0, 0.1) is 5.82 Å². The molecule has 0 amide bonds. The van der Waals surface area contributed by atoms with Crippen LogP contribution in [0.3, 0.4) is 0 Å². The Balaban J connectivity index is 2.09. The van der Waals surface area contributed by atoms with Crippen LogP contribution in [0.4, 0.5) is 15.8 Å². The minimum atomic E-state index is -0.507. The van der Waals surface area contributed by atoms with Crippen molar-refractivity contribution in [2.75, 3.05) is 12.4 Å². The maximum Gasteiger partial charge on any atom is 0.213 e. The Bertz CT molecular complexity index is 810. The van der Waals surface area contributed by atoms with Gasteiger partial charge in [-0.1, -0.05) is 17.7 Å². The van der Waals surface area contributed by atoms with Gasteiger partial charge in [0.15, 0.2) is 5.82 Å². The van der Waals surface area contributed by atoms with Crippen molar-refractivity contribution in [3.8, 4) is 5.88 Å². The van der Waals surface area contributed by atoms with E-state index in [2.05, 4.69) is 15.3 Å². The molecule has 0 radical (unpaired) electrons. The summed E-state index contributed by atoms with van der Waals surface area (Å²) in [7, 11) is 1.54. The molecule has 2 aromatic heterocycles. The molecule has 106 valence electrons. The van der Waals surface area contributed by atoms with E-state index in [1.807, 2.05) is 0 Å². The zero-order valence-corrected chi connectivity index (χ0v) is 11.9. The van der Waals surface area contributed by atoms with Gasteiger partial charge in [-0.3, -0.25) is 4.98 Å². The van der Waals surface area contributed by atoms with E-state index in [-0.39, 0.29) is 10.7 Å². The van der Waals surface area contributed by atoms with Crippen molar-refractivity contribution in [1.29, 1.82) is 0 Å². The van der Waals surface area contributed by atoms with E-state index in [0.29, 0.717) is 22.6 Å². The molecule has 0 aliphatic rings. The zero-order chi connectivity index (χ0) is 14.8. The van der Waals surface area contributed by atoms with Gasteiger partial charge in [0, 0.05) is 12.3 Å². The fraction of sp³-hybridized carbons (Fsp3) is 0.0667. The number of anilines is 2. The fourth-order valence-corrected chi connectivity index (χ4v) is 2.14. The number of methoxy groups -OCH3 is 1. The Labute approximate surface area is 125 Å². The van der Waals surface area contributed by atoms with Crippen molar-refractivity contribution in [3.05, 3.63) is 53.4 Å². The zero-order valence-electron chi connectivity index (χ0n) is 11.1. The van der Waals surface area contributed by atoms with Crippen molar-refractivity contribution in [3.63, 3.8) is 0 Å². The number of pyridine rings is 2. The second-order valence-electron chi connectivity index (χ2n) is 4.31. The lowest BCUT2D eigenvalue weighted by atomic mass is 10.2. The van der Waals surface area contributed by atoms with Crippen LogP contribution >= 0.6 is 11.6 Å². The molecule has 0 saturated carbocycles. The van der Waals surface area contributed by atoms with E-state index in [0.717, 1.165) is 0 Å². The largest absolute Gasteiger partial charge is 0.481 e. The average molecular weight is 304 g/mol. The van der Waals surface area contributed by atoms with Crippen LogP contribution in [-0.2, 0) is 0 Å². The number of ether oxygens (including phenoxy) is 1. The molecule has 0 spiro atoms. The lowest BCUT2D eigenvalue weighted by molar-refractivity contribution is 0.399. The Hall–Kier alpha value is -2.40. The summed E-state index contributed by atoms with van der Waals surface area (Å²) in [6.45, 7) is 0. The molecule has 2 heterocycles. The third-order valence-corrected chi connectivity index (χ3v) is 3.28. The third-order valence-electron chi connectivity index (χ3n) is 2.99. The first-order valence-electron chi connectivity index (χ1n) is 6.20. The summed E-state index contributed by atoms with van der Waals surface area (Å²) in [5.41, 5.74) is 2.18. The van der Waals surface area contributed by atoms with Gasteiger partial charge in [0.2, 0.25) is 5.88 Å². The van der Waals surface area contributed by atoms with Gasteiger partial charge < -0.3 is 10.1 Å². The minimum absolute atomic E-state index is 0.0592. The number of hydrogen-bond donors (Lipinski definition) is 1. The molecule has 0 aliphatic carbocycles. The average Bonchev–Trinajstić information content (AvgIpc) is 2.51. The normalized spacial score (nSPS) is 10.6. The first kappa shape index (κ1) is 13.6. The Morgan fingerprint density at radius 3 is 2.81 bits per heavy atom. The van der Waals surface area contributed by atoms with Gasteiger partial charge in [-0.15, -0.1) is 0 Å². The van der Waals surface area contributed by atoms with Crippen LogP contribution in [0.25, 0.3) is 11.0 Å². The lowest BCUT2D eigenvalue weighted by Gasteiger charge is -2.10. The van der Waals surface area contributed by atoms with Gasteiger partial charge in [-0.25, -0.2) is 9.37 Å². The van der Waals surface area contributed by atoms with Crippen molar-refractivity contribution >= 4 is 34.0 Å². The smallest absolute Gasteiger partial charge is 0.213 e. The Morgan fingerprint density at radius 2 is 2.00 bits per heavy atom. The second-order valence-corrected chi connectivity index (χ2v) is 4.71. The molecule has 3 aromatic rings. The van der Waals surface area contributed by atoms with Crippen LogP contribution in [0.1, 0.15) is 0 Å². The van der Waals surface area contributed by atoms with Crippen molar-refractivity contribution in [1.82, 2.24) is 9.97 Å². The summed E-state index contributed by atoms with van der Waals surface area (Å²) in [6, 6.07) is 10.0. The number of nitrogens with one attached hydrogen (secondary N) is 1. The maximum absolute atomic E-state index is 14.0. The van der Waals surface area contributed by atoms with E-state index in [1.54, 1.807) is 36.5 Å². The first-order valence-corrected chi connectivity index (χ1v) is 6.57. The van der Waals surface area contributed by atoms with Crippen LogP contribution in [0.15, 0.2) is 42.6 Å². The number of hydrogen-bond acceptors (Lipinski definition) is 4. The molecule has 0 fully saturated rings. The predicted octanol–water partition coefficient (Wildman–Crippen LogP) is 4.17. The molecule has 0 aliphatic heterocycles. The summed E-state index contributed by atoms with van der Waals surface area (Å²) in [4.78, 5) is 8.56. The van der Waals surface area contributed by atoms with Gasteiger partial charge in [0.1, 0.15) is 5.52 Å². The monoisotopic (exact) mass is 303 g/mol. The number of rotatable bonds is 3. The molecule has 21 heavy (non-hydrogen) atoms. The van der Waals surface area contributed by atoms with E-state index in [4.69, 9.17) is 16.3 Å². The fourth-order valence-electron chi connectivity index (χ4n) is 1.97. The predicted molar refractivity (Wildman–Crippen MR) is 80.8 cm³/mol. The summed E-state index contributed by atoms with van der Waals surface area (Å²) < 4.78 is 19.1. The van der Waals surface area contributed by atoms with Crippen LogP contribution < -0.4 is 10.1 Å². The van der Waals surface area contributed by atoms with Crippen LogP contribution in [-0.4, -0.2) is 17.1 Å². The Kier molecular flexibility index (Phi) is 3.58. The first-order chi connectivity index (χ1) is 10.2. The van der Waals surface area contributed by atoms with E-state index < -0.39 is 5.82 Å². The maximum atomic E-state index is 14.0. The summed E-state index contributed by atoms with van der Waals surface area (Å²) >= 11 is 5.78. The van der Waals surface area contributed by atoms with E-state index in [9.17, 15) is 4.39 Å². The third kappa shape index (κ3) is 2.60. The molecular formula is C15H11ClFN3O. The highest BCUT2D eigenvalue weighted by molar-refractivity contribution is 6.31. The molecule has 3 rings (SSSR count). The molecule has 0 saturated heterocycles. The van der Waals surface area contributed by atoms with Crippen molar-refractivity contribution < 1.29 is 9.13 Å². The number of aromatic nitrogens is 2. The SMILES string of the molecule is COc1ccc2nccc(Nc3cccc(Cl)c3F)c2n1. The standard InChI is InChI=1S/C15H11ClFN3O/c1-21-13-6-5-11-15(20-13)12(7-8-18-11)19-10-4-2-3-9(16)14(10)17/h2-8H,1H3,(H,18,19). The van der Waals surface area contributed by atoms with Crippen LogP contribution in [0.2, 0.25) is 5.02 Å². The van der Waals surface area contributed by atoms with Crippen molar-refractivity contribution in [2.24, 2.45) is 0 Å². The molecular weight excluding hydrogens is 293 g/mol. The highest BCUT2D eigenvalue weighted by Crippen LogP contribution is 2.29. The summed E-state index contributed by atoms with van der Waals surface area (Å²) in [5.74, 6) is -0.0443. The highest BCUT2D eigenvalue weighted by Gasteiger charge is 2.10. The van der Waals surface area contributed by atoms with Gasteiger partial charge >= 0.3 is 0 Å². The number of nitrogens with zero attached hydrogens (tertiary/aromatic N) is 2. The quantitative estimate of drug-likeness (QED) is 0.788. The topological polar surface area (TPSA) is 47.0 Å². The summed E-state index contributed by atoms with van der Waals surface area (Å²) in [6.07, 6.45) is 1.63. The molecule has 4 nitrogen and oxygen atoms in total. The summed E-state index contributed by atoms with van der Waals surface area (Å²) in [5, 5.41) is 3.05. The molecule has 6 heteroatoms. The van der Waals surface area contributed by atoms with Gasteiger partial charge in [-0.2, -0.15) is 0 Å². The minimum Gasteiger partial charge on any atom is -0.481 e. The second kappa shape index (κ2) is 5.54. The lowest BCUT2D eigenvalue weighted by Crippen LogP contribution is -1.98. The molecule has 0 bridgehead atoms. The Morgan fingerprint density at radius 1 is 1.14 bits per heavy atom. The van der Waals surface area contributed by atoms with Gasteiger partial charge in [0.05, 0.1) is 29.0 Å². The molecule has 0 unspecified atom stereocenters. The van der Waals surface area contributed by atoms with Crippen molar-refractivity contribution in [2.45, 2.75) is 0 Å². The highest BCUT2D eigenvalue weighted by atomic mass is 35.5. The van der Waals surface area contributed by atoms with Crippen LogP contribution in [0.5, 0.6) is 5.88 Å². The molecule has 0 atom stereocenters. The van der Waals surface area contributed by atoms with E-state index in [1.165, 1.54) is 13.2 Å². The number of halogens is 2. The van der Waals surface area contributed by atoms with E-state index >= 15 is 0 Å². The van der Waals surface area contributed by atoms with Gasteiger partial charge in [0.25, 0.3) is 0 Å². The molecule has 1 aromatic carbocycles. The molecule has 1 N–H and O–H groups in total.